The lowest BCUT2D eigenvalue weighted by Crippen LogP contribution is -2.63. The molecule has 9 atom stereocenters. The summed E-state index contributed by atoms with van der Waals surface area (Å²) >= 11 is 0. The summed E-state index contributed by atoms with van der Waals surface area (Å²) in [6, 6.07) is 0. The van der Waals surface area contributed by atoms with Gasteiger partial charge in [0.05, 0.1) is 24.4 Å². The van der Waals surface area contributed by atoms with Gasteiger partial charge >= 0.3 is 0 Å². The molecule has 0 radical (unpaired) electrons. The lowest BCUT2D eigenvalue weighted by atomic mass is 9.35. The van der Waals surface area contributed by atoms with Crippen molar-refractivity contribution in [1.82, 2.24) is 0 Å². The van der Waals surface area contributed by atoms with Gasteiger partial charge in [-0.2, -0.15) is 0 Å². The van der Waals surface area contributed by atoms with Gasteiger partial charge in [-0.3, -0.25) is 0 Å². The molecule has 4 fully saturated rings. The molecule has 0 saturated heterocycles. The lowest BCUT2D eigenvalue weighted by molar-refractivity contribution is -0.220. The molecule has 4 aliphatic carbocycles. The molecule has 4 aliphatic rings. The summed E-state index contributed by atoms with van der Waals surface area (Å²) in [7, 11) is 0. The highest BCUT2D eigenvalue weighted by Gasteiger charge is 2.68. The first-order chi connectivity index (χ1) is 15.6. The van der Waals surface area contributed by atoms with Crippen LogP contribution in [-0.2, 0) is 0 Å². The molecule has 0 aromatic heterocycles. The molecule has 0 spiro atoms. The van der Waals surface area contributed by atoms with Crippen LogP contribution in [0.2, 0.25) is 0 Å². The van der Waals surface area contributed by atoms with Crippen molar-refractivity contribution in [2.75, 3.05) is 6.61 Å². The zero-order valence-corrected chi connectivity index (χ0v) is 22.9. The minimum Gasteiger partial charge on any atom is -0.393 e. The maximum atomic E-state index is 10.9. The molecule has 0 bridgehead atoms. The lowest BCUT2D eigenvalue weighted by Gasteiger charge is -2.69. The minimum atomic E-state index is -1.14. The summed E-state index contributed by atoms with van der Waals surface area (Å²) in [5.41, 5.74) is 0.731. The molecule has 0 heterocycles. The number of hydrogen-bond donors (Lipinski definition) is 4. The highest BCUT2D eigenvalue weighted by Crippen LogP contribution is 2.75. The molecule has 34 heavy (non-hydrogen) atoms. The maximum Gasteiger partial charge on any atom is 0.0856 e. The smallest absolute Gasteiger partial charge is 0.0856 e. The topological polar surface area (TPSA) is 80.9 Å². The molecule has 196 valence electrons. The van der Waals surface area contributed by atoms with Gasteiger partial charge in [0.1, 0.15) is 0 Å². The van der Waals surface area contributed by atoms with E-state index in [9.17, 15) is 20.4 Å². The summed E-state index contributed by atoms with van der Waals surface area (Å²) in [5, 5.41) is 41.7. The molecule has 4 N–H and O–H groups in total. The van der Waals surface area contributed by atoms with Gasteiger partial charge in [0.15, 0.2) is 0 Å². The molecule has 0 amide bonds. The number of hydrogen-bond acceptors (Lipinski definition) is 4. The molecule has 9 unspecified atom stereocenters. The van der Waals surface area contributed by atoms with Crippen LogP contribution in [-0.4, -0.2) is 44.8 Å². The van der Waals surface area contributed by atoms with Crippen molar-refractivity contribution in [3.63, 3.8) is 0 Å². The van der Waals surface area contributed by atoms with Crippen molar-refractivity contribution in [3.05, 3.63) is 11.6 Å². The predicted molar refractivity (Wildman–Crippen MR) is 137 cm³/mol. The van der Waals surface area contributed by atoms with Crippen LogP contribution in [0.4, 0.5) is 0 Å². The van der Waals surface area contributed by atoms with Crippen LogP contribution in [0.3, 0.4) is 0 Å². The fraction of sp³-hybridized carbons (Fsp3) is 0.933. The van der Waals surface area contributed by atoms with E-state index >= 15 is 0 Å². The van der Waals surface area contributed by atoms with Gasteiger partial charge in [-0.25, -0.2) is 0 Å². The highest BCUT2D eigenvalue weighted by atomic mass is 16.3. The summed E-state index contributed by atoms with van der Waals surface area (Å²) in [4.78, 5) is 0. The maximum absolute atomic E-state index is 10.9. The zero-order chi connectivity index (χ0) is 25.3. The van der Waals surface area contributed by atoms with Crippen molar-refractivity contribution < 1.29 is 20.4 Å². The first-order valence-electron chi connectivity index (χ1n) is 14.0. The van der Waals surface area contributed by atoms with E-state index in [0.29, 0.717) is 30.1 Å². The highest BCUT2D eigenvalue weighted by molar-refractivity contribution is 5.22. The van der Waals surface area contributed by atoms with Gasteiger partial charge in [-0.1, -0.05) is 40.7 Å². The van der Waals surface area contributed by atoms with E-state index in [0.717, 1.165) is 24.8 Å². The van der Waals surface area contributed by atoms with Crippen LogP contribution in [0.5, 0.6) is 0 Å². The Kier molecular flexibility index (Phi) is 6.71. The Balaban J connectivity index is 1.61. The second kappa shape index (κ2) is 8.57. The van der Waals surface area contributed by atoms with Gasteiger partial charge in [0.25, 0.3) is 0 Å². The van der Waals surface area contributed by atoms with Crippen LogP contribution < -0.4 is 0 Å². The van der Waals surface area contributed by atoms with Gasteiger partial charge in [0.2, 0.25) is 0 Å². The van der Waals surface area contributed by atoms with Gasteiger partial charge in [-0.05, 0) is 123 Å². The van der Waals surface area contributed by atoms with Crippen LogP contribution in [0, 0.1) is 45.3 Å². The van der Waals surface area contributed by atoms with Crippen molar-refractivity contribution in [2.45, 2.75) is 124 Å². The Labute approximate surface area is 208 Å². The average Bonchev–Trinajstić information content (AvgIpc) is 3.09. The van der Waals surface area contributed by atoms with Crippen molar-refractivity contribution >= 4 is 0 Å². The zero-order valence-electron chi connectivity index (χ0n) is 22.9. The summed E-state index contributed by atoms with van der Waals surface area (Å²) in [6.45, 7) is 15.6. The average molecular weight is 477 g/mol. The number of aliphatic hydroxyl groups is 4. The van der Waals surface area contributed by atoms with Gasteiger partial charge in [-0.15, -0.1) is 0 Å². The van der Waals surface area contributed by atoms with Crippen LogP contribution in [0.1, 0.15) is 106 Å². The normalized spacial score (nSPS) is 47.5. The molecule has 0 aromatic rings. The molecule has 4 saturated carbocycles. The second-order valence-corrected chi connectivity index (χ2v) is 14.5. The molecular formula is C30H52O4. The minimum absolute atomic E-state index is 0.0155. The van der Waals surface area contributed by atoms with E-state index in [-0.39, 0.29) is 34.4 Å². The third-order valence-corrected chi connectivity index (χ3v) is 12.5. The van der Waals surface area contributed by atoms with Crippen molar-refractivity contribution in [3.8, 4) is 0 Å². The van der Waals surface area contributed by atoms with E-state index in [1.54, 1.807) is 13.8 Å². The number of fused-ring (bicyclic) bond motifs is 5. The number of rotatable bonds is 5. The summed E-state index contributed by atoms with van der Waals surface area (Å²) < 4.78 is 0. The molecular weight excluding hydrogens is 424 g/mol. The van der Waals surface area contributed by atoms with Gasteiger partial charge in [0, 0.05) is 0 Å². The Hall–Kier alpha value is -0.420. The fourth-order valence-electron chi connectivity index (χ4n) is 10.1. The van der Waals surface area contributed by atoms with Crippen LogP contribution in [0.25, 0.3) is 0 Å². The first kappa shape index (κ1) is 26.6. The van der Waals surface area contributed by atoms with E-state index in [1.165, 1.54) is 32.1 Å². The summed E-state index contributed by atoms with van der Waals surface area (Å²) in [6.07, 6.45) is 10.7. The SMILES string of the molecule is CC(C)(O)C(O)CC=C(CO)C1CCC2(C)C1CCC1C3(C)CCC(O)C(C)(C)C3CCC12C. The molecule has 4 nitrogen and oxygen atoms in total. The predicted octanol–water partition coefficient (Wildman–Crippen LogP) is 5.47. The van der Waals surface area contributed by atoms with Crippen molar-refractivity contribution in [2.24, 2.45) is 45.3 Å². The second-order valence-electron chi connectivity index (χ2n) is 14.5. The van der Waals surface area contributed by atoms with Gasteiger partial charge < -0.3 is 20.4 Å². The Morgan fingerprint density at radius 1 is 0.912 bits per heavy atom. The number of aliphatic hydroxyl groups excluding tert-OH is 3. The molecule has 4 rings (SSSR count). The first-order valence-corrected chi connectivity index (χ1v) is 14.0. The molecule has 4 heteroatoms. The standard InChI is InChI=1S/C30H52O4/c1-26(2)22-13-17-30(7)23(28(22,5)15-14-24(26)32)10-9-21-20(12-16-29(21,30)6)19(18-31)8-11-25(33)27(3,4)34/h8,20-25,31-34H,9-18H2,1-7H3. The third kappa shape index (κ3) is 3.76. The monoisotopic (exact) mass is 476 g/mol. The largest absolute Gasteiger partial charge is 0.393 e. The quantitative estimate of drug-likeness (QED) is 0.397. The Morgan fingerprint density at radius 2 is 1.56 bits per heavy atom. The molecule has 0 aliphatic heterocycles. The van der Waals surface area contributed by atoms with E-state index in [2.05, 4.69) is 34.6 Å². The Morgan fingerprint density at radius 3 is 2.18 bits per heavy atom. The van der Waals surface area contributed by atoms with Crippen molar-refractivity contribution in [1.29, 1.82) is 0 Å². The fourth-order valence-corrected chi connectivity index (χ4v) is 10.1. The van der Waals surface area contributed by atoms with Crippen LogP contribution >= 0.6 is 0 Å². The van der Waals surface area contributed by atoms with Crippen LogP contribution in [0.15, 0.2) is 11.6 Å². The Bertz CT molecular complexity index is 796. The van der Waals surface area contributed by atoms with E-state index in [1.807, 2.05) is 6.08 Å². The molecule has 0 aromatic carbocycles. The third-order valence-electron chi connectivity index (χ3n) is 12.5. The van der Waals surface area contributed by atoms with E-state index < -0.39 is 11.7 Å². The van der Waals surface area contributed by atoms with E-state index in [4.69, 9.17) is 0 Å². The summed E-state index contributed by atoms with van der Waals surface area (Å²) in [5.74, 6) is 2.20.